The maximum absolute atomic E-state index is 12.6. The van der Waals surface area contributed by atoms with Crippen molar-refractivity contribution in [3.05, 3.63) is 52.2 Å². The third-order valence-electron chi connectivity index (χ3n) is 2.94. The summed E-state index contributed by atoms with van der Waals surface area (Å²) in [6, 6.07) is 6.72. The molecule has 1 atom stereocenters. The third kappa shape index (κ3) is 4.56. The van der Waals surface area contributed by atoms with Crippen molar-refractivity contribution >= 4 is 28.8 Å². The molecule has 2 aromatic rings. The summed E-state index contributed by atoms with van der Waals surface area (Å²) in [6.45, 7) is 1.45. The van der Waals surface area contributed by atoms with Crippen molar-refractivity contribution in [1.29, 1.82) is 0 Å². The minimum absolute atomic E-state index is 0.0158. The first-order chi connectivity index (χ1) is 10.8. The Balaban J connectivity index is 2.00. The standard InChI is InChI=1S/C15H13F3N2O2S/c1-9(19-14(22)12-6-3-7-23-12)13(21)20-11-5-2-4-10(8-11)15(16,17)18/h2-9H,1H3,(H,19,22)(H,20,21). The molecule has 23 heavy (non-hydrogen) atoms. The number of hydrogen-bond donors (Lipinski definition) is 2. The van der Waals surface area contributed by atoms with Crippen LogP contribution >= 0.6 is 11.3 Å². The predicted molar refractivity (Wildman–Crippen MR) is 81.3 cm³/mol. The van der Waals surface area contributed by atoms with Crippen LogP contribution in [-0.4, -0.2) is 17.9 Å². The fraction of sp³-hybridized carbons (Fsp3) is 0.200. The second-order valence-electron chi connectivity index (χ2n) is 4.74. The van der Waals surface area contributed by atoms with E-state index in [0.717, 1.165) is 12.1 Å². The van der Waals surface area contributed by atoms with Gasteiger partial charge in [-0.1, -0.05) is 12.1 Å². The normalized spacial score (nSPS) is 12.5. The summed E-state index contributed by atoms with van der Waals surface area (Å²) in [5.74, 6) is -1.01. The van der Waals surface area contributed by atoms with Gasteiger partial charge in [0.05, 0.1) is 10.4 Å². The fourth-order valence-electron chi connectivity index (χ4n) is 1.76. The molecule has 0 saturated heterocycles. The quantitative estimate of drug-likeness (QED) is 0.893. The number of nitrogens with one attached hydrogen (secondary N) is 2. The van der Waals surface area contributed by atoms with Gasteiger partial charge < -0.3 is 10.6 Å². The van der Waals surface area contributed by atoms with E-state index in [2.05, 4.69) is 10.6 Å². The molecule has 122 valence electrons. The lowest BCUT2D eigenvalue weighted by Gasteiger charge is -2.14. The SMILES string of the molecule is CC(NC(=O)c1cccs1)C(=O)Nc1cccc(C(F)(F)F)c1. The van der Waals surface area contributed by atoms with Crippen LogP contribution < -0.4 is 10.6 Å². The highest BCUT2D eigenvalue weighted by Gasteiger charge is 2.30. The van der Waals surface area contributed by atoms with Gasteiger partial charge in [0.2, 0.25) is 5.91 Å². The summed E-state index contributed by atoms with van der Waals surface area (Å²) in [6.07, 6.45) is -4.49. The van der Waals surface area contributed by atoms with E-state index in [4.69, 9.17) is 0 Å². The molecule has 0 saturated carbocycles. The van der Waals surface area contributed by atoms with E-state index in [1.165, 1.54) is 30.4 Å². The summed E-state index contributed by atoms with van der Waals surface area (Å²) >= 11 is 1.22. The first-order valence-electron chi connectivity index (χ1n) is 6.60. The molecule has 0 fully saturated rings. The number of rotatable bonds is 4. The Morgan fingerprint density at radius 1 is 1.17 bits per heavy atom. The molecule has 1 unspecified atom stereocenters. The molecule has 0 aliphatic rings. The minimum atomic E-state index is -4.49. The van der Waals surface area contributed by atoms with Crippen molar-refractivity contribution in [2.24, 2.45) is 0 Å². The van der Waals surface area contributed by atoms with E-state index < -0.39 is 29.6 Å². The van der Waals surface area contributed by atoms with Crippen molar-refractivity contribution in [2.75, 3.05) is 5.32 Å². The van der Waals surface area contributed by atoms with Gasteiger partial charge in [0.25, 0.3) is 5.91 Å². The van der Waals surface area contributed by atoms with E-state index in [9.17, 15) is 22.8 Å². The Morgan fingerprint density at radius 3 is 2.52 bits per heavy atom. The van der Waals surface area contributed by atoms with Crippen LogP contribution in [0, 0.1) is 0 Å². The number of carbonyl (C=O) groups excluding carboxylic acids is 2. The number of hydrogen-bond acceptors (Lipinski definition) is 3. The number of thiophene rings is 1. The largest absolute Gasteiger partial charge is 0.416 e. The Labute approximate surface area is 134 Å². The highest BCUT2D eigenvalue weighted by Crippen LogP contribution is 2.30. The molecule has 2 amide bonds. The first kappa shape index (κ1) is 17.0. The number of halogens is 3. The van der Waals surface area contributed by atoms with Crippen LogP contribution in [0.5, 0.6) is 0 Å². The zero-order valence-corrected chi connectivity index (χ0v) is 12.8. The third-order valence-corrected chi connectivity index (χ3v) is 3.81. The second-order valence-corrected chi connectivity index (χ2v) is 5.69. The zero-order chi connectivity index (χ0) is 17.0. The van der Waals surface area contributed by atoms with E-state index in [1.807, 2.05) is 0 Å². The summed E-state index contributed by atoms with van der Waals surface area (Å²) in [5, 5.41) is 6.56. The van der Waals surface area contributed by atoms with Gasteiger partial charge in [0.1, 0.15) is 6.04 Å². The lowest BCUT2D eigenvalue weighted by atomic mass is 10.2. The molecule has 2 rings (SSSR count). The smallest absolute Gasteiger partial charge is 0.340 e. The van der Waals surface area contributed by atoms with Crippen molar-refractivity contribution in [1.82, 2.24) is 5.32 Å². The van der Waals surface area contributed by atoms with Gasteiger partial charge >= 0.3 is 6.18 Å². The molecule has 4 nitrogen and oxygen atoms in total. The van der Waals surface area contributed by atoms with Gasteiger partial charge in [-0.25, -0.2) is 0 Å². The van der Waals surface area contributed by atoms with Crippen LogP contribution in [-0.2, 0) is 11.0 Å². The van der Waals surface area contributed by atoms with Crippen LogP contribution in [0.3, 0.4) is 0 Å². The Kier molecular flexibility index (Phi) is 5.05. The highest BCUT2D eigenvalue weighted by atomic mass is 32.1. The number of anilines is 1. The molecule has 0 aliphatic carbocycles. The van der Waals surface area contributed by atoms with E-state index in [-0.39, 0.29) is 5.69 Å². The van der Waals surface area contributed by atoms with Gasteiger partial charge in [0.15, 0.2) is 0 Å². The molecule has 2 N–H and O–H groups in total. The van der Waals surface area contributed by atoms with Crippen molar-refractivity contribution in [3.8, 4) is 0 Å². The van der Waals surface area contributed by atoms with Gasteiger partial charge in [-0.3, -0.25) is 9.59 Å². The zero-order valence-electron chi connectivity index (χ0n) is 12.0. The van der Waals surface area contributed by atoms with Crippen LogP contribution in [0.15, 0.2) is 41.8 Å². The maximum Gasteiger partial charge on any atom is 0.416 e. The average Bonchev–Trinajstić information content (AvgIpc) is 3.00. The Hall–Kier alpha value is -2.35. The molecular weight excluding hydrogens is 329 g/mol. The molecular formula is C15H13F3N2O2S. The monoisotopic (exact) mass is 342 g/mol. The molecule has 0 spiro atoms. The van der Waals surface area contributed by atoms with Crippen molar-refractivity contribution in [2.45, 2.75) is 19.1 Å². The van der Waals surface area contributed by atoms with Gasteiger partial charge in [-0.2, -0.15) is 13.2 Å². The summed E-state index contributed by atoms with van der Waals surface area (Å²) < 4.78 is 37.9. The topological polar surface area (TPSA) is 58.2 Å². The number of alkyl halides is 3. The fourth-order valence-corrected chi connectivity index (χ4v) is 2.39. The molecule has 1 heterocycles. The first-order valence-corrected chi connectivity index (χ1v) is 7.48. The molecule has 0 aliphatic heterocycles. The lowest BCUT2D eigenvalue weighted by Crippen LogP contribution is -2.41. The summed E-state index contributed by atoms with van der Waals surface area (Å²) in [5.41, 5.74) is -0.840. The van der Waals surface area contributed by atoms with E-state index >= 15 is 0 Å². The van der Waals surface area contributed by atoms with E-state index in [0.29, 0.717) is 4.88 Å². The maximum atomic E-state index is 12.6. The minimum Gasteiger partial charge on any atom is -0.340 e. The van der Waals surface area contributed by atoms with Crippen LogP contribution in [0.4, 0.5) is 18.9 Å². The molecule has 1 aromatic carbocycles. The lowest BCUT2D eigenvalue weighted by molar-refractivity contribution is -0.137. The van der Waals surface area contributed by atoms with Gasteiger partial charge in [-0.15, -0.1) is 11.3 Å². The van der Waals surface area contributed by atoms with Crippen LogP contribution in [0.1, 0.15) is 22.2 Å². The van der Waals surface area contributed by atoms with Crippen molar-refractivity contribution in [3.63, 3.8) is 0 Å². The number of carbonyl (C=O) groups is 2. The second kappa shape index (κ2) is 6.82. The van der Waals surface area contributed by atoms with Crippen LogP contribution in [0.25, 0.3) is 0 Å². The molecule has 1 aromatic heterocycles. The number of amides is 2. The molecule has 0 radical (unpaired) electrons. The van der Waals surface area contributed by atoms with Crippen molar-refractivity contribution < 1.29 is 22.8 Å². The predicted octanol–water partition coefficient (Wildman–Crippen LogP) is 3.52. The Bertz CT molecular complexity index is 699. The highest BCUT2D eigenvalue weighted by molar-refractivity contribution is 7.12. The van der Waals surface area contributed by atoms with Gasteiger partial charge in [0, 0.05) is 5.69 Å². The summed E-state index contributed by atoms with van der Waals surface area (Å²) in [4.78, 5) is 24.3. The number of benzene rings is 1. The van der Waals surface area contributed by atoms with Gasteiger partial charge in [-0.05, 0) is 36.6 Å². The van der Waals surface area contributed by atoms with Crippen LogP contribution in [0.2, 0.25) is 0 Å². The summed E-state index contributed by atoms with van der Waals surface area (Å²) in [7, 11) is 0. The molecule has 0 bridgehead atoms. The average molecular weight is 342 g/mol. The van der Waals surface area contributed by atoms with E-state index in [1.54, 1.807) is 17.5 Å². The Morgan fingerprint density at radius 2 is 1.91 bits per heavy atom. The molecule has 8 heteroatoms.